The molecule has 0 saturated carbocycles. The molecule has 5 nitrogen and oxygen atoms in total. The molecule has 2 N–H and O–H groups in total. The average molecular weight is 315 g/mol. The van der Waals surface area contributed by atoms with E-state index in [1.807, 2.05) is 43.5 Å². The van der Waals surface area contributed by atoms with Gasteiger partial charge in [0.2, 0.25) is 0 Å². The Hall–Kier alpha value is -2.14. The number of amides is 1. The van der Waals surface area contributed by atoms with Crippen LogP contribution in [0.2, 0.25) is 0 Å². The highest BCUT2D eigenvalue weighted by molar-refractivity contribution is 5.94. The Morgan fingerprint density at radius 1 is 1.35 bits per heavy atom. The molecule has 0 spiro atoms. The summed E-state index contributed by atoms with van der Waals surface area (Å²) in [5, 5.41) is 16.9. The molecule has 0 aliphatic carbocycles. The van der Waals surface area contributed by atoms with Gasteiger partial charge in [-0.3, -0.25) is 9.48 Å². The molecule has 1 heterocycles. The van der Waals surface area contributed by atoms with Gasteiger partial charge in [-0.2, -0.15) is 5.10 Å². The van der Waals surface area contributed by atoms with Crippen LogP contribution in [0.3, 0.4) is 0 Å². The van der Waals surface area contributed by atoms with Gasteiger partial charge in [-0.25, -0.2) is 0 Å². The summed E-state index contributed by atoms with van der Waals surface area (Å²) in [5.41, 5.74) is 1.09. The molecule has 0 unspecified atom stereocenters. The summed E-state index contributed by atoms with van der Waals surface area (Å²) in [6.07, 6.45) is 5.08. The Morgan fingerprint density at radius 3 is 2.61 bits per heavy atom. The van der Waals surface area contributed by atoms with E-state index in [0.717, 1.165) is 12.0 Å². The van der Waals surface area contributed by atoms with E-state index < -0.39 is 5.60 Å². The van der Waals surface area contributed by atoms with Crippen molar-refractivity contribution < 1.29 is 9.90 Å². The fourth-order valence-corrected chi connectivity index (χ4v) is 2.31. The topological polar surface area (TPSA) is 67.2 Å². The standard InChI is InChI=1S/C18H25N3O2/c1-14(13-21-12-4-11-19-21)20-17(22)16-7-5-15(6-8-16)9-10-18(2,3)23/h4-8,11-12,14,23H,9-10,13H2,1-3H3,(H,20,22)/t14-/m0/s1. The van der Waals surface area contributed by atoms with Crippen molar-refractivity contribution in [2.45, 2.75) is 51.8 Å². The number of rotatable bonds is 7. The second-order valence-corrected chi connectivity index (χ2v) is 6.61. The third-order valence-corrected chi connectivity index (χ3v) is 3.64. The smallest absolute Gasteiger partial charge is 0.251 e. The molecule has 1 amide bonds. The van der Waals surface area contributed by atoms with Crippen LogP contribution in [0.25, 0.3) is 0 Å². The third kappa shape index (κ3) is 5.87. The van der Waals surface area contributed by atoms with Gasteiger partial charge in [-0.1, -0.05) is 12.1 Å². The minimum Gasteiger partial charge on any atom is -0.390 e. The molecule has 0 aliphatic heterocycles. The van der Waals surface area contributed by atoms with Gasteiger partial charge in [-0.05, 0) is 57.4 Å². The summed E-state index contributed by atoms with van der Waals surface area (Å²) in [7, 11) is 0. The van der Waals surface area contributed by atoms with Crippen molar-refractivity contribution in [3.8, 4) is 0 Å². The Balaban J connectivity index is 1.87. The summed E-state index contributed by atoms with van der Waals surface area (Å²) >= 11 is 0. The molecule has 0 saturated heterocycles. The normalized spacial score (nSPS) is 12.9. The first kappa shape index (κ1) is 17.2. The molecule has 1 atom stereocenters. The predicted octanol–water partition coefficient (Wildman–Crippen LogP) is 2.41. The lowest BCUT2D eigenvalue weighted by atomic mass is 9.98. The Kier molecular flexibility index (Phi) is 5.55. The fourth-order valence-electron chi connectivity index (χ4n) is 2.31. The SMILES string of the molecule is C[C@@H](Cn1cccn1)NC(=O)c1ccc(CCC(C)(C)O)cc1. The van der Waals surface area contributed by atoms with Crippen LogP contribution in [0.5, 0.6) is 0 Å². The number of carbonyl (C=O) groups is 1. The molecule has 0 fully saturated rings. The van der Waals surface area contributed by atoms with Crippen LogP contribution < -0.4 is 5.32 Å². The van der Waals surface area contributed by atoms with Crippen LogP contribution in [0.1, 0.15) is 43.1 Å². The average Bonchev–Trinajstić information content (AvgIpc) is 2.97. The number of hydrogen-bond donors (Lipinski definition) is 2. The van der Waals surface area contributed by atoms with Crippen molar-refractivity contribution in [3.05, 3.63) is 53.9 Å². The molecule has 124 valence electrons. The van der Waals surface area contributed by atoms with E-state index in [4.69, 9.17) is 0 Å². The van der Waals surface area contributed by atoms with Gasteiger partial charge in [0.25, 0.3) is 5.91 Å². The summed E-state index contributed by atoms with van der Waals surface area (Å²) in [6, 6.07) is 9.40. The summed E-state index contributed by atoms with van der Waals surface area (Å²) in [4.78, 5) is 12.2. The molecule has 0 aliphatic rings. The molecule has 2 aromatic rings. The van der Waals surface area contributed by atoms with E-state index in [2.05, 4.69) is 10.4 Å². The van der Waals surface area contributed by atoms with Crippen LogP contribution in [-0.2, 0) is 13.0 Å². The van der Waals surface area contributed by atoms with E-state index in [0.29, 0.717) is 18.5 Å². The van der Waals surface area contributed by atoms with Crippen LogP contribution in [-0.4, -0.2) is 32.4 Å². The predicted molar refractivity (Wildman–Crippen MR) is 90.2 cm³/mol. The molecular weight excluding hydrogens is 290 g/mol. The number of nitrogens with one attached hydrogen (secondary N) is 1. The van der Waals surface area contributed by atoms with Crippen molar-refractivity contribution >= 4 is 5.91 Å². The van der Waals surface area contributed by atoms with Crippen molar-refractivity contribution in [3.63, 3.8) is 0 Å². The first-order chi connectivity index (χ1) is 10.8. The van der Waals surface area contributed by atoms with Crippen LogP contribution in [0, 0.1) is 0 Å². The number of aryl methyl sites for hydroxylation is 1. The van der Waals surface area contributed by atoms with Crippen LogP contribution in [0.4, 0.5) is 0 Å². The maximum Gasteiger partial charge on any atom is 0.251 e. The van der Waals surface area contributed by atoms with E-state index in [-0.39, 0.29) is 11.9 Å². The van der Waals surface area contributed by atoms with Gasteiger partial charge < -0.3 is 10.4 Å². The highest BCUT2D eigenvalue weighted by Crippen LogP contribution is 2.14. The highest BCUT2D eigenvalue weighted by atomic mass is 16.3. The van der Waals surface area contributed by atoms with E-state index in [1.54, 1.807) is 24.7 Å². The molecule has 1 aromatic carbocycles. The number of aliphatic hydroxyl groups is 1. The maximum absolute atomic E-state index is 12.2. The van der Waals surface area contributed by atoms with E-state index in [1.165, 1.54) is 0 Å². The van der Waals surface area contributed by atoms with Gasteiger partial charge in [0.05, 0.1) is 12.1 Å². The summed E-state index contributed by atoms with van der Waals surface area (Å²) in [5.74, 6) is -0.0845. The van der Waals surface area contributed by atoms with Crippen molar-refractivity contribution in [2.24, 2.45) is 0 Å². The molecule has 2 rings (SSSR count). The third-order valence-electron chi connectivity index (χ3n) is 3.64. The molecule has 0 radical (unpaired) electrons. The molecule has 1 aromatic heterocycles. The Morgan fingerprint density at radius 2 is 2.04 bits per heavy atom. The summed E-state index contributed by atoms with van der Waals surface area (Å²) in [6.45, 7) is 6.20. The number of benzene rings is 1. The van der Waals surface area contributed by atoms with Gasteiger partial charge in [0, 0.05) is 24.0 Å². The zero-order valence-corrected chi connectivity index (χ0v) is 14.0. The first-order valence-electron chi connectivity index (χ1n) is 7.93. The lowest BCUT2D eigenvalue weighted by molar-refractivity contribution is 0.0713. The second kappa shape index (κ2) is 7.42. The van der Waals surface area contributed by atoms with Crippen molar-refractivity contribution in [1.29, 1.82) is 0 Å². The molecule has 0 bridgehead atoms. The van der Waals surface area contributed by atoms with Gasteiger partial charge in [-0.15, -0.1) is 0 Å². The van der Waals surface area contributed by atoms with Crippen molar-refractivity contribution in [1.82, 2.24) is 15.1 Å². The maximum atomic E-state index is 12.2. The zero-order chi connectivity index (χ0) is 16.9. The van der Waals surface area contributed by atoms with Gasteiger partial charge in [0.15, 0.2) is 0 Å². The zero-order valence-electron chi connectivity index (χ0n) is 14.0. The fraction of sp³-hybridized carbons (Fsp3) is 0.444. The molecule has 23 heavy (non-hydrogen) atoms. The number of hydrogen-bond acceptors (Lipinski definition) is 3. The van der Waals surface area contributed by atoms with Crippen LogP contribution >= 0.6 is 0 Å². The lowest BCUT2D eigenvalue weighted by Gasteiger charge is -2.17. The van der Waals surface area contributed by atoms with E-state index in [9.17, 15) is 9.90 Å². The quantitative estimate of drug-likeness (QED) is 0.824. The van der Waals surface area contributed by atoms with Crippen molar-refractivity contribution in [2.75, 3.05) is 0 Å². The van der Waals surface area contributed by atoms with Crippen LogP contribution in [0.15, 0.2) is 42.7 Å². The molecular formula is C18H25N3O2. The second-order valence-electron chi connectivity index (χ2n) is 6.61. The minimum absolute atomic E-state index is 0.00253. The van der Waals surface area contributed by atoms with E-state index >= 15 is 0 Å². The lowest BCUT2D eigenvalue weighted by Crippen LogP contribution is -2.35. The molecule has 5 heteroatoms. The first-order valence-corrected chi connectivity index (χ1v) is 7.93. The largest absolute Gasteiger partial charge is 0.390 e. The van der Waals surface area contributed by atoms with Gasteiger partial charge in [0.1, 0.15) is 0 Å². The minimum atomic E-state index is -0.669. The van der Waals surface area contributed by atoms with Gasteiger partial charge >= 0.3 is 0 Å². The number of carbonyl (C=O) groups excluding carboxylic acids is 1. The number of nitrogens with zero attached hydrogens (tertiary/aromatic N) is 2. The Bertz CT molecular complexity index is 613. The number of aromatic nitrogens is 2. The summed E-state index contributed by atoms with van der Waals surface area (Å²) < 4.78 is 1.80. The monoisotopic (exact) mass is 315 g/mol. The highest BCUT2D eigenvalue weighted by Gasteiger charge is 2.13. The Labute approximate surface area is 137 Å².